The van der Waals surface area contributed by atoms with Gasteiger partial charge < -0.3 is 82.5 Å². The Kier molecular flexibility index (Phi) is 36.1. The number of hydrogen-bond acceptors (Lipinski definition) is 18. The molecule has 0 spiro atoms. The highest BCUT2D eigenvalue weighted by Crippen LogP contribution is 2.31. The lowest BCUT2D eigenvalue weighted by molar-refractivity contribution is -0.148. The van der Waals surface area contributed by atoms with Gasteiger partial charge in [-0.2, -0.15) is 0 Å². The van der Waals surface area contributed by atoms with Gasteiger partial charge in [-0.3, -0.25) is 62.5 Å². The number of nitrogens with zero attached hydrogens (tertiary/aromatic N) is 4. The molecular weight excluding hydrogens is 1370 g/mol. The smallest absolute Gasteiger partial charge is 0.312 e. The summed E-state index contributed by atoms with van der Waals surface area (Å²) in [5.74, 6) is -6.53. The molecule has 0 aromatic heterocycles. The maximum Gasteiger partial charge on any atom is 0.312 e. The number of hydrogen-bond donors (Lipinski definition) is 11. The number of carbonyl (C=O) groups excluding carboxylic acids is 12. The van der Waals surface area contributed by atoms with Crippen LogP contribution < -0.4 is 48.3 Å². The van der Waals surface area contributed by atoms with Gasteiger partial charge in [0.1, 0.15) is 42.5 Å². The third-order valence-electron chi connectivity index (χ3n) is 20.2. The molecule has 0 saturated carbocycles. The van der Waals surface area contributed by atoms with E-state index in [4.69, 9.17) is 19.9 Å². The van der Waals surface area contributed by atoms with Crippen LogP contribution in [0.2, 0.25) is 0 Å². The highest BCUT2D eigenvalue weighted by atomic mass is 16.5. The number of primary amides is 1. The van der Waals surface area contributed by atoms with Gasteiger partial charge in [0.25, 0.3) is 11.8 Å². The van der Waals surface area contributed by atoms with E-state index < -0.39 is 133 Å². The van der Waals surface area contributed by atoms with Gasteiger partial charge in [-0.1, -0.05) is 118 Å². The number of anilines is 1. The van der Waals surface area contributed by atoms with Crippen LogP contribution in [0.5, 0.6) is 0 Å². The predicted molar refractivity (Wildman–Crippen MR) is 397 cm³/mol. The molecule has 2 fully saturated rings. The summed E-state index contributed by atoms with van der Waals surface area (Å²) in [6.45, 7) is 17.5. The summed E-state index contributed by atoms with van der Waals surface area (Å²) >= 11 is 0. The zero-order chi connectivity index (χ0) is 78.6. The van der Waals surface area contributed by atoms with Crippen LogP contribution in [0.25, 0.3) is 0 Å². The molecule has 3 aliphatic heterocycles. The third kappa shape index (κ3) is 26.2. The minimum Gasteiger partial charge on any atom is -0.388 e. The standard InChI is InChI=1S/C76H119N13O17/c1-15-47(8)66(87(12)75(102)64(45(4)5)85-74(101)65(46(6)7)86(10)11)55(104-13)42-62(94)88-39-23-27-54(88)69(105-14)48(9)70(97)83-53(40-50-24-18-16-19-25-50)71(98)78-37-35-49-29-31-51(32-30-49)81-72(99)52(26-22-36-79-76(77)103)82-73(100)63(44(2)3)84-59(91)41-56-67(95)68(96)57(106-56)43-80-58(90)28-20-17-21-38-89-60(92)33-34-61(89)93/h16,18-19,24-25,29-34,44-48,52-57,63-69,95-96H,15,17,20-23,26-28,35-43H2,1-14H3,(H,78,98)(H,80,90)(H,81,99)(H,82,100)(H,83,97)(H,84,91)(H,85,101)(H3,77,79,103)/t47?,48?,52?,53-,54-,55+,56-,57+,63+,64-,65?,66?,67?,68?,69?/m0/s1. The van der Waals surface area contributed by atoms with Gasteiger partial charge in [-0.25, -0.2) is 4.79 Å². The molecule has 0 radical (unpaired) electrons. The van der Waals surface area contributed by atoms with E-state index in [0.29, 0.717) is 57.2 Å². The van der Waals surface area contributed by atoms with E-state index in [0.717, 1.165) is 16.0 Å². The molecule has 106 heavy (non-hydrogen) atoms. The number of carbonyl (C=O) groups is 12. The molecule has 8 unspecified atom stereocenters. The van der Waals surface area contributed by atoms with Crippen molar-refractivity contribution in [3.05, 3.63) is 77.9 Å². The van der Waals surface area contributed by atoms with Crippen molar-refractivity contribution in [3.63, 3.8) is 0 Å². The summed E-state index contributed by atoms with van der Waals surface area (Å²) < 4.78 is 18.0. The number of likely N-dealkylation sites (N-methyl/N-ethyl adjacent to an activating group) is 2. The lowest BCUT2D eigenvalue weighted by atomic mass is 9.89. The van der Waals surface area contributed by atoms with Crippen molar-refractivity contribution in [1.82, 2.24) is 56.8 Å². The van der Waals surface area contributed by atoms with Crippen LogP contribution in [0.15, 0.2) is 66.7 Å². The van der Waals surface area contributed by atoms with E-state index in [9.17, 15) is 67.7 Å². The summed E-state index contributed by atoms with van der Waals surface area (Å²) in [4.78, 5) is 167. The average Bonchev–Trinajstić information content (AvgIpc) is 1.47. The summed E-state index contributed by atoms with van der Waals surface area (Å²) in [7, 11) is 8.38. The number of urea groups is 1. The number of benzene rings is 2. The topological polar surface area (TPSA) is 408 Å². The molecule has 30 nitrogen and oxygen atoms in total. The Morgan fingerprint density at radius 2 is 1.30 bits per heavy atom. The van der Waals surface area contributed by atoms with Gasteiger partial charge in [0.2, 0.25) is 53.2 Å². The quantitative estimate of drug-likeness (QED) is 0.0335. The van der Waals surface area contributed by atoms with Crippen LogP contribution in [0, 0.1) is 29.6 Å². The van der Waals surface area contributed by atoms with E-state index in [1.165, 1.54) is 26.4 Å². The first-order valence-electron chi connectivity index (χ1n) is 37.3. The van der Waals surface area contributed by atoms with Crippen molar-refractivity contribution in [2.45, 2.75) is 225 Å². The second-order valence-electron chi connectivity index (χ2n) is 29.4. The molecule has 0 bridgehead atoms. The average molecular weight is 1490 g/mol. The molecule has 3 aliphatic rings. The summed E-state index contributed by atoms with van der Waals surface area (Å²) in [5, 5.41) is 44.0. The van der Waals surface area contributed by atoms with Crippen molar-refractivity contribution >= 4 is 76.7 Å². The van der Waals surface area contributed by atoms with E-state index in [1.54, 1.807) is 61.9 Å². The fourth-order valence-corrected chi connectivity index (χ4v) is 14.1. The van der Waals surface area contributed by atoms with Crippen LogP contribution in [0.1, 0.15) is 144 Å². The number of unbranched alkanes of at least 4 members (excludes halogenated alkanes) is 2. The summed E-state index contributed by atoms with van der Waals surface area (Å²) in [6, 6.07) is 9.52. The van der Waals surface area contributed by atoms with Gasteiger partial charge >= 0.3 is 6.03 Å². The largest absolute Gasteiger partial charge is 0.388 e. The number of aliphatic hydroxyl groups is 2. The number of amides is 13. The highest BCUT2D eigenvalue weighted by molar-refractivity contribution is 6.12. The molecule has 0 aliphatic carbocycles. The number of ether oxygens (including phenoxy) is 3. The van der Waals surface area contributed by atoms with E-state index in [2.05, 4.69) is 42.5 Å². The van der Waals surface area contributed by atoms with Crippen LogP contribution >= 0.6 is 0 Å². The monoisotopic (exact) mass is 1490 g/mol. The van der Waals surface area contributed by atoms with Crippen LogP contribution in [-0.4, -0.2) is 248 Å². The van der Waals surface area contributed by atoms with Crippen molar-refractivity contribution in [2.24, 2.45) is 35.3 Å². The van der Waals surface area contributed by atoms with Crippen molar-refractivity contribution in [1.29, 1.82) is 0 Å². The Hall–Kier alpha value is -8.42. The van der Waals surface area contributed by atoms with Crippen LogP contribution in [-0.2, 0) is 79.8 Å². The Labute approximate surface area is 624 Å². The number of nitrogens with two attached hydrogens (primary N) is 1. The molecule has 2 aromatic carbocycles. The summed E-state index contributed by atoms with van der Waals surface area (Å²) in [5.41, 5.74) is 7.22. The Balaban J connectivity index is 1.17. The minimum atomic E-state index is -1.51. The maximum atomic E-state index is 14.7. The molecule has 13 amide bonds. The molecule has 12 N–H and O–H groups in total. The second-order valence-corrected chi connectivity index (χ2v) is 29.4. The molecular formula is C76H119N13O17. The molecule has 30 heteroatoms. The van der Waals surface area contributed by atoms with Crippen molar-refractivity contribution in [3.8, 4) is 0 Å². The highest BCUT2D eigenvalue weighted by Gasteiger charge is 2.46. The van der Waals surface area contributed by atoms with Gasteiger partial charge in [0.05, 0.1) is 55.2 Å². The van der Waals surface area contributed by atoms with Crippen LogP contribution in [0.3, 0.4) is 0 Å². The first kappa shape index (κ1) is 88.2. The maximum absolute atomic E-state index is 14.7. The first-order valence-corrected chi connectivity index (χ1v) is 37.3. The number of imide groups is 1. The van der Waals surface area contributed by atoms with Gasteiger partial charge in [0, 0.05) is 84.7 Å². The fourth-order valence-electron chi connectivity index (χ4n) is 14.1. The van der Waals surface area contributed by atoms with E-state index in [-0.39, 0.29) is 111 Å². The molecule has 3 heterocycles. The normalized spacial score (nSPS) is 20.1. The molecule has 2 aromatic rings. The lowest BCUT2D eigenvalue weighted by Gasteiger charge is -2.41. The molecule has 5 rings (SSSR count). The minimum absolute atomic E-state index is 0.0125. The van der Waals surface area contributed by atoms with Gasteiger partial charge in [-0.15, -0.1) is 0 Å². The number of nitrogens with one attached hydrogen (secondary N) is 8. The fraction of sp³-hybridized carbons (Fsp3) is 0.658. The van der Waals surface area contributed by atoms with Gasteiger partial charge in [0.15, 0.2) is 0 Å². The number of aliphatic hydroxyl groups excluding tert-OH is 2. The Bertz CT molecular complexity index is 3260. The zero-order valence-electron chi connectivity index (χ0n) is 64.4. The van der Waals surface area contributed by atoms with Crippen molar-refractivity contribution in [2.75, 3.05) is 73.4 Å². The van der Waals surface area contributed by atoms with E-state index in [1.807, 2.05) is 90.9 Å². The molecule has 2 saturated heterocycles. The third-order valence-corrected chi connectivity index (χ3v) is 20.2. The number of rotatable bonds is 44. The Morgan fingerprint density at radius 3 is 1.90 bits per heavy atom. The SMILES string of the molecule is CCC(C)C([C@@H](CC(=O)N1CCC[C@H]1C(OC)C(C)C(=O)N[C@@H](Cc1ccccc1)C(=O)NCCc1ccc(NC(=O)C(CCCNC(N)=O)NC(=O)[C@H](NC(=O)C[C@@H]2O[C@H](CNC(=O)CCCCCN3C(=O)C=CC3=O)C(O)C2O)C(C)C)cc1)OC)N(C)C(=O)[C@@H](NC(=O)C(C(C)C)N(C)C)C(C)C. The summed E-state index contributed by atoms with van der Waals surface area (Å²) in [6.07, 6.45) is -0.584. The lowest BCUT2D eigenvalue weighted by Crippen LogP contribution is -2.59. The molecule has 15 atom stereocenters. The number of likely N-dealkylation sites (tertiary alicyclic amines) is 1. The molecule has 590 valence electrons. The zero-order valence-corrected chi connectivity index (χ0v) is 64.4. The van der Waals surface area contributed by atoms with Gasteiger partial charge in [-0.05, 0) is 106 Å². The number of methoxy groups -OCH3 is 2. The Morgan fingerprint density at radius 1 is 0.660 bits per heavy atom. The van der Waals surface area contributed by atoms with Crippen LogP contribution in [0.4, 0.5) is 10.5 Å². The predicted octanol–water partition coefficient (Wildman–Crippen LogP) is 2.21. The first-order chi connectivity index (χ1) is 50.2. The van der Waals surface area contributed by atoms with Crippen molar-refractivity contribution < 1.29 is 82.0 Å². The second kappa shape index (κ2) is 43.4. The van der Waals surface area contributed by atoms with E-state index >= 15 is 0 Å².